The summed E-state index contributed by atoms with van der Waals surface area (Å²) >= 11 is 1.56. The maximum atomic E-state index is 13.9. The molecule has 112 valence electrons. The fourth-order valence-corrected chi connectivity index (χ4v) is 3.35. The number of rotatable bonds is 5. The molecule has 3 nitrogen and oxygen atoms in total. The van der Waals surface area contributed by atoms with E-state index in [9.17, 15) is 4.39 Å². The minimum absolute atomic E-state index is 0.359. The number of aromatic nitrogens is 1. The van der Waals surface area contributed by atoms with Gasteiger partial charge in [0.2, 0.25) is 0 Å². The number of ether oxygens (including phenoxy) is 2. The van der Waals surface area contributed by atoms with Crippen molar-refractivity contribution in [1.82, 2.24) is 4.98 Å². The van der Waals surface area contributed by atoms with Crippen molar-refractivity contribution >= 4 is 11.3 Å². The Labute approximate surface area is 127 Å². The number of nitrogens with zero attached hydrogens (tertiary/aromatic N) is 1. The monoisotopic (exact) mass is 307 g/mol. The average Bonchev–Trinajstić information content (AvgIpc) is 3.04. The fourth-order valence-electron chi connectivity index (χ4n) is 2.56. The molecule has 2 aromatic rings. The molecular weight excluding hydrogens is 289 g/mol. The van der Waals surface area contributed by atoms with Crippen LogP contribution in [0.15, 0.2) is 29.8 Å². The molecule has 0 amide bonds. The molecule has 0 bridgehead atoms. The van der Waals surface area contributed by atoms with Gasteiger partial charge in [-0.25, -0.2) is 9.37 Å². The van der Waals surface area contributed by atoms with Gasteiger partial charge in [0.1, 0.15) is 16.4 Å². The highest BCUT2D eigenvalue weighted by Gasteiger charge is 2.52. The van der Waals surface area contributed by atoms with Crippen LogP contribution in [0.25, 0.3) is 0 Å². The number of epoxide rings is 1. The van der Waals surface area contributed by atoms with Gasteiger partial charge in [-0.2, -0.15) is 0 Å². The molecule has 1 unspecified atom stereocenters. The highest BCUT2D eigenvalue weighted by Crippen LogP contribution is 2.49. The Balaban J connectivity index is 2.02. The molecule has 0 saturated carbocycles. The van der Waals surface area contributed by atoms with E-state index in [1.807, 2.05) is 23.6 Å². The summed E-state index contributed by atoms with van der Waals surface area (Å²) < 4.78 is 25.1. The Kier molecular flexibility index (Phi) is 3.50. The van der Waals surface area contributed by atoms with Gasteiger partial charge in [0.25, 0.3) is 0 Å². The van der Waals surface area contributed by atoms with Crippen molar-refractivity contribution in [3.63, 3.8) is 0 Å². The van der Waals surface area contributed by atoms with Crippen LogP contribution in [0.3, 0.4) is 0 Å². The highest BCUT2D eigenvalue weighted by atomic mass is 32.1. The van der Waals surface area contributed by atoms with E-state index in [-0.39, 0.29) is 0 Å². The van der Waals surface area contributed by atoms with Crippen molar-refractivity contribution in [2.24, 2.45) is 0 Å². The second-order valence-electron chi connectivity index (χ2n) is 5.88. The van der Waals surface area contributed by atoms with Gasteiger partial charge in [-0.15, -0.1) is 11.3 Å². The number of methoxy groups -OCH3 is 1. The second kappa shape index (κ2) is 5.07. The lowest BCUT2D eigenvalue weighted by molar-refractivity contribution is 0.217. The number of alkyl halides is 1. The third-order valence-corrected chi connectivity index (χ3v) is 4.45. The summed E-state index contributed by atoms with van der Waals surface area (Å²) in [5, 5.41) is 2.84. The highest BCUT2D eigenvalue weighted by molar-refractivity contribution is 7.09. The van der Waals surface area contributed by atoms with E-state index < -0.39 is 11.3 Å². The number of thiazole rings is 1. The number of benzene rings is 1. The molecule has 5 heteroatoms. The SMILES string of the molecule is COc1ccc(CC(C)(C)F)cc1C1(c2nccs2)CO1. The molecule has 21 heavy (non-hydrogen) atoms. The van der Waals surface area contributed by atoms with Crippen LogP contribution in [0.1, 0.15) is 30.0 Å². The van der Waals surface area contributed by atoms with Crippen LogP contribution in [0.2, 0.25) is 0 Å². The zero-order valence-corrected chi connectivity index (χ0v) is 13.2. The predicted octanol–water partition coefficient (Wildman–Crippen LogP) is 3.72. The lowest BCUT2D eigenvalue weighted by Crippen LogP contribution is -2.17. The van der Waals surface area contributed by atoms with Crippen molar-refractivity contribution < 1.29 is 13.9 Å². The summed E-state index contributed by atoms with van der Waals surface area (Å²) in [6, 6.07) is 5.77. The summed E-state index contributed by atoms with van der Waals surface area (Å²) in [5.74, 6) is 0.753. The van der Waals surface area contributed by atoms with E-state index in [1.54, 1.807) is 38.5 Å². The van der Waals surface area contributed by atoms with Crippen LogP contribution < -0.4 is 4.74 Å². The minimum atomic E-state index is -1.25. The maximum Gasteiger partial charge on any atom is 0.171 e. The van der Waals surface area contributed by atoms with Crippen molar-refractivity contribution in [3.05, 3.63) is 45.9 Å². The first-order valence-electron chi connectivity index (χ1n) is 6.85. The van der Waals surface area contributed by atoms with Crippen LogP contribution in [0, 0.1) is 0 Å². The Hall–Kier alpha value is -1.46. The molecular formula is C16H18FNO2S. The summed E-state index contributed by atoms with van der Waals surface area (Å²) in [4.78, 5) is 4.37. The molecule has 0 spiro atoms. The molecule has 0 radical (unpaired) electrons. The van der Waals surface area contributed by atoms with Crippen molar-refractivity contribution in [1.29, 1.82) is 0 Å². The van der Waals surface area contributed by atoms with Gasteiger partial charge < -0.3 is 9.47 Å². The molecule has 1 aliphatic rings. The molecule has 1 aromatic carbocycles. The van der Waals surface area contributed by atoms with E-state index in [4.69, 9.17) is 9.47 Å². The lowest BCUT2D eigenvalue weighted by Gasteiger charge is -2.18. The van der Waals surface area contributed by atoms with Gasteiger partial charge in [-0.3, -0.25) is 0 Å². The van der Waals surface area contributed by atoms with Crippen LogP contribution in [0.4, 0.5) is 4.39 Å². The molecule has 3 rings (SSSR count). The van der Waals surface area contributed by atoms with Gasteiger partial charge in [-0.1, -0.05) is 6.07 Å². The van der Waals surface area contributed by atoms with E-state index in [1.165, 1.54) is 0 Å². The summed E-state index contributed by atoms with van der Waals surface area (Å²) in [6.45, 7) is 3.75. The standard InChI is InChI=1S/C16H18FNO2S/c1-15(2,17)9-11-4-5-13(19-3)12(8-11)16(10-20-16)14-18-6-7-21-14/h4-8H,9-10H2,1-3H3. The first-order valence-corrected chi connectivity index (χ1v) is 7.73. The minimum Gasteiger partial charge on any atom is -0.496 e. The van der Waals surface area contributed by atoms with Crippen LogP contribution in [-0.4, -0.2) is 24.4 Å². The quantitative estimate of drug-likeness (QED) is 0.790. The smallest absolute Gasteiger partial charge is 0.171 e. The number of hydrogen-bond donors (Lipinski definition) is 0. The van der Waals surface area contributed by atoms with Crippen molar-refractivity contribution in [2.45, 2.75) is 31.5 Å². The van der Waals surface area contributed by atoms with Gasteiger partial charge in [0.15, 0.2) is 5.60 Å². The van der Waals surface area contributed by atoms with Gasteiger partial charge in [0, 0.05) is 23.6 Å². The molecule has 1 fully saturated rings. The largest absolute Gasteiger partial charge is 0.496 e. The van der Waals surface area contributed by atoms with Gasteiger partial charge in [0.05, 0.1) is 13.7 Å². The van der Waals surface area contributed by atoms with Gasteiger partial charge in [-0.05, 0) is 31.5 Å². The second-order valence-corrected chi connectivity index (χ2v) is 6.78. The summed E-state index contributed by atoms with van der Waals surface area (Å²) in [6.07, 6.45) is 2.13. The molecule has 0 N–H and O–H groups in total. The molecule has 1 atom stereocenters. The first-order chi connectivity index (χ1) is 9.94. The van der Waals surface area contributed by atoms with Crippen molar-refractivity contribution in [2.75, 3.05) is 13.7 Å². The van der Waals surface area contributed by atoms with E-state index in [2.05, 4.69) is 4.98 Å². The predicted molar refractivity (Wildman–Crippen MR) is 80.7 cm³/mol. The normalized spacial score (nSPS) is 21.3. The van der Waals surface area contributed by atoms with Crippen LogP contribution >= 0.6 is 11.3 Å². The van der Waals surface area contributed by atoms with E-state index in [0.717, 1.165) is 21.9 Å². The Morgan fingerprint density at radius 2 is 2.24 bits per heavy atom. The summed E-state index contributed by atoms with van der Waals surface area (Å²) in [7, 11) is 1.63. The molecule has 0 aliphatic carbocycles. The molecule has 1 aromatic heterocycles. The number of hydrogen-bond acceptors (Lipinski definition) is 4. The van der Waals surface area contributed by atoms with Crippen molar-refractivity contribution in [3.8, 4) is 5.75 Å². The Morgan fingerprint density at radius 3 is 2.76 bits per heavy atom. The Morgan fingerprint density at radius 1 is 1.48 bits per heavy atom. The first kappa shape index (κ1) is 14.5. The third kappa shape index (κ3) is 2.80. The summed E-state index contributed by atoms with van der Waals surface area (Å²) in [5.41, 5.74) is 0.104. The van der Waals surface area contributed by atoms with Crippen LogP contribution in [0.5, 0.6) is 5.75 Å². The van der Waals surface area contributed by atoms with Crippen LogP contribution in [-0.2, 0) is 16.8 Å². The Bertz CT molecular complexity index is 630. The van der Waals surface area contributed by atoms with E-state index in [0.29, 0.717) is 13.0 Å². The zero-order valence-electron chi connectivity index (χ0n) is 12.4. The number of halogens is 1. The van der Waals surface area contributed by atoms with Gasteiger partial charge >= 0.3 is 0 Å². The maximum absolute atomic E-state index is 13.9. The molecule has 1 aliphatic heterocycles. The fraction of sp³-hybridized carbons (Fsp3) is 0.438. The van der Waals surface area contributed by atoms with E-state index >= 15 is 0 Å². The lowest BCUT2D eigenvalue weighted by atomic mass is 9.93. The molecule has 1 saturated heterocycles. The molecule has 2 heterocycles. The zero-order chi connectivity index (χ0) is 15.1. The topological polar surface area (TPSA) is 34.6 Å². The average molecular weight is 307 g/mol. The third-order valence-electron chi connectivity index (χ3n) is 3.53.